The van der Waals surface area contributed by atoms with E-state index in [4.69, 9.17) is 10.8 Å². The first-order valence-electron chi connectivity index (χ1n) is 4.46. The molecule has 2 rings (SSSR count). The van der Waals surface area contributed by atoms with Crippen LogP contribution in [0.1, 0.15) is 10.4 Å². The van der Waals surface area contributed by atoms with E-state index in [1.54, 1.807) is 0 Å². The number of carbonyl (C=O) groups is 1. The molecule has 0 spiro atoms. The van der Waals surface area contributed by atoms with Crippen LogP contribution < -0.4 is 5.73 Å². The third-order valence-corrected chi connectivity index (χ3v) is 3.06. The maximum Gasteiger partial charge on any atom is 0.340 e. The molecule has 0 aliphatic rings. The zero-order chi connectivity index (χ0) is 11.7. The van der Waals surface area contributed by atoms with E-state index in [0.717, 1.165) is 4.88 Å². The quantitative estimate of drug-likeness (QED) is 0.789. The van der Waals surface area contributed by atoms with Gasteiger partial charge in [0, 0.05) is 10.6 Å². The molecule has 0 saturated carbocycles. The molecule has 1 heterocycles. The van der Waals surface area contributed by atoms with E-state index in [0.29, 0.717) is 5.56 Å². The summed E-state index contributed by atoms with van der Waals surface area (Å²) in [4.78, 5) is 11.6. The van der Waals surface area contributed by atoms with E-state index in [2.05, 4.69) is 0 Å². The molecular weight excluding hydrogens is 229 g/mol. The van der Waals surface area contributed by atoms with Gasteiger partial charge in [-0.3, -0.25) is 0 Å². The van der Waals surface area contributed by atoms with Crippen LogP contribution in [0.2, 0.25) is 0 Å². The number of aromatic carboxylic acids is 1. The second-order valence-electron chi connectivity index (χ2n) is 3.20. The van der Waals surface area contributed by atoms with Gasteiger partial charge < -0.3 is 10.8 Å². The Morgan fingerprint density at radius 1 is 1.44 bits per heavy atom. The molecule has 0 radical (unpaired) electrons. The van der Waals surface area contributed by atoms with Crippen molar-refractivity contribution in [3.63, 3.8) is 0 Å². The minimum Gasteiger partial charge on any atom is -0.478 e. The highest BCUT2D eigenvalue weighted by Crippen LogP contribution is 2.29. The average Bonchev–Trinajstić information content (AvgIpc) is 2.67. The lowest BCUT2D eigenvalue weighted by atomic mass is 10.1. The fourth-order valence-corrected chi connectivity index (χ4v) is 2.15. The molecule has 1 aromatic carbocycles. The predicted octanol–water partition coefficient (Wildman–Crippen LogP) is 2.83. The minimum absolute atomic E-state index is 0.0594. The lowest BCUT2D eigenvalue weighted by Crippen LogP contribution is -2.05. The Morgan fingerprint density at radius 3 is 2.69 bits per heavy atom. The first-order valence-corrected chi connectivity index (χ1v) is 5.33. The van der Waals surface area contributed by atoms with Crippen LogP contribution in [0, 0.1) is 5.82 Å². The first kappa shape index (κ1) is 10.6. The molecule has 0 saturated heterocycles. The number of anilines is 1. The maximum absolute atomic E-state index is 13.5. The lowest BCUT2D eigenvalue weighted by molar-refractivity contribution is 0.0693. The van der Waals surface area contributed by atoms with Gasteiger partial charge in [-0.1, -0.05) is 6.07 Å². The van der Waals surface area contributed by atoms with E-state index < -0.39 is 17.3 Å². The van der Waals surface area contributed by atoms with E-state index in [1.807, 2.05) is 17.5 Å². The normalized spacial score (nSPS) is 10.3. The lowest BCUT2D eigenvalue weighted by Gasteiger charge is -2.05. The van der Waals surface area contributed by atoms with Crippen molar-refractivity contribution in [1.29, 1.82) is 0 Å². The summed E-state index contributed by atoms with van der Waals surface area (Å²) >= 11 is 1.44. The summed E-state index contributed by atoms with van der Waals surface area (Å²) in [7, 11) is 0. The minimum atomic E-state index is -1.35. The van der Waals surface area contributed by atoms with Crippen LogP contribution in [0.15, 0.2) is 29.6 Å². The van der Waals surface area contributed by atoms with Gasteiger partial charge in [-0.2, -0.15) is 0 Å². The molecule has 0 bridgehead atoms. The van der Waals surface area contributed by atoms with Crippen molar-refractivity contribution < 1.29 is 14.3 Å². The van der Waals surface area contributed by atoms with Crippen molar-refractivity contribution in [2.24, 2.45) is 0 Å². The summed E-state index contributed by atoms with van der Waals surface area (Å²) in [6.45, 7) is 0. The van der Waals surface area contributed by atoms with Crippen LogP contribution in [0.3, 0.4) is 0 Å². The van der Waals surface area contributed by atoms with Crippen molar-refractivity contribution >= 4 is 23.0 Å². The number of carboxylic acid groups (broad SMARTS) is 1. The zero-order valence-corrected chi connectivity index (χ0v) is 8.92. The van der Waals surface area contributed by atoms with Crippen LogP contribution in [-0.2, 0) is 0 Å². The Balaban J connectivity index is 2.58. The van der Waals surface area contributed by atoms with Gasteiger partial charge >= 0.3 is 5.97 Å². The molecule has 2 aromatic rings. The number of benzene rings is 1. The molecule has 3 N–H and O–H groups in total. The van der Waals surface area contributed by atoms with Gasteiger partial charge in [0.15, 0.2) is 0 Å². The Kier molecular flexibility index (Phi) is 2.62. The van der Waals surface area contributed by atoms with Crippen molar-refractivity contribution in [3.05, 3.63) is 41.0 Å². The van der Waals surface area contributed by atoms with Gasteiger partial charge in [-0.15, -0.1) is 11.3 Å². The van der Waals surface area contributed by atoms with Crippen LogP contribution in [-0.4, -0.2) is 11.1 Å². The summed E-state index contributed by atoms with van der Waals surface area (Å²) in [6, 6.07) is 6.31. The number of nitrogen functional groups attached to an aromatic ring is 1. The molecule has 0 atom stereocenters. The third kappa shape index (κ3) is 1.77. The molecule has 0 aliphatic carbocycles. The Morgan fingerprint density at radius 2 is 2.19 bits per heavy atom. The van der Waals surface area contributed by atoms with Crippen LogP contribution in [0.25, 0.3) is 10.4 Å². The molecule has 1 aromatic heterocycles. The van der Waals surface area contributed by atoms with Crippen LogP contribution >= 0.6 is 11.3 Å². The Bertz CT molecular complexity index is 514. The predicted molar refractivity (Wildman–Crippen MR) is 61.1 cm³/mol. The van der Waals surface area contributed by atoms with E-state index >= 15 is 0 Å². The smallest absolute Gasteiger partial charge is 0.340 e. The summed E-state index contributed by atoms with van der Waals surface area (Å²) in [5.74, 6) is -2.16. The molecule has 5 heteroatoms. The van der Waals surface area contributed by atoms with Crippen molar-refractivity contribution in [2.75, 3.05) is 5.73 Å². The Labute approximate surface area is 95.0 Å². The SMILES string of the molecule is Nc1cc(-c2cccs2)cc(F)c1C(=O)O. The summed E-state index contributed by atoms with van der Waals surface area (Å²) in [5.41, 5.74) is 5.57. The molecule has 0 unspecified atom stereocenters. The van der Waals surface area contributed by atoms with Gasteiger partial charge in [-0.05, 0) is 29.1 Å². The molecular formula is C11H8FNO2S. The number of thiophene rings is 1. The van der Waals surface area contributed by atoms with Gasteiger partial charge in [0.25, 0.3) is 0 Å². The van der Waals surface area contributed by atoms with Gasteiger partial charge in [0.2, 0.25) is 0 Å². The highest BCUT2D eigenvalue weighted by molar-refractivity contribution is 7.13. The van der Waals surface area contributed by atoms with Crippen LogP contribution in [0.5, 0.6) is 0 Å². The summed E-state index contributed by atoms with van der Waals surface area (Å²) < 4.78 is 13.5. The molecule has 82 valence electrons. The fourth-order valence-electron chi connectivity index (χ4n) is 1.44. The second kappa shape index (κ2) is 3.94. The fraction of sp³-hybridized carbons (Fsp3) is 0. The molecule has 0 fully saturated rings. The number of halogens is 1. The highest BCUT2D eigenvalue weighted by atomic mass is 32.1. The highest BCUT2D eigenvalue weighted by Gasteiger charge is 2.16. The van der Waals surface area contributed by atoms with Crippen LogP contribution in [0.4, 0.5) is 10.1 Å². The topological polar surface area (TPSA) is 63.3 Å². The summed E-state index contributed by atoms with van der Waals surface area (Å²) in [5, 5.41) is 10.6. The van der Waals surface area contributed by atoms with Gasteiger partial charge in [-0.25, -0.2) is 9.18 Å². The van der Waals surface area contributed by atoms with Gasteiger partial charge in [0.1, 0.15) is 11.4 Å². The first-order chi connectivity index (χ1) is 7.59. The standard InChI is InChI=1S/C11H8FNO2S/c12-7-4-6(9-2-1-3-16-9)5-8(13)10(7)11(14)15/h1-5H,13H2,(H,14,15). The number of hydrogen-bond acceptors (Lipinski definition) is 3. The molecule has 3 nitrogen and oxygen atoms in total. The number of carboxylic acids is 1. The molecule has 0 aliphatic heterocycles. The largest absolute Gasteiger partial charge is 0.478 e. The van der Waals surface area contributed by atoms with Gasteiger partial charge in [0.05, 0.1) is 0 Å². The monoisotopic (exact) mass is 237 g/mol. The Hall–Kier alpha value is -1.88. The zero-order valence-electron chi connectivity index (χ0n) is 8.11. The average molecular weight is 237 g/mol. The second-order valence-corrected chi connectivity index (χ2v) is 4.15. The van der Waals surface area contributed by atoms with E-state index in [-0.39, 0.29) is 5.69 Å². The van der Waals surface area contributed by atoms with Crippen molar-refractivity contribution in [1.82, 2.24) is 0 Å². The maximum atomic E-state index is 13.5. The van der Waals surface area contributed by atoms with Crippen molar-refractivity contribution in [3.8, 4) is 10.4 Å². The number of hydrogen-bond donors (Lipinski definition) is 2. The third-order valence-electron chi connectivity index (χ3n) is 2.14. The number of nitrogens with two attached hydrogens (primary N) is 1. The van der Waals surface area contributed by atoms with E-state index in [1.165, 1.54) is 23.5 Å². The molecule has 16 heavy (non-hydrogen) atoms. The number of rotatable bonds is 2. The summed E-state index contributed by atoms with van der Waals surface area (Å²) in [6.07, 6.45) is 0. The van der Waals surface area contributed by atoms with E-state index in [9.17, 15) is 9.18 Å². The molecule has 0 amide bonds. The van der Waals surface area contributed by atoms with Crippen molar-refractivity contribution in [2.45, 2.75) is 0 Å².